The minimum Gasteiger partial charge on any atom is -0.455 e. The molecule has 0 atom stereocenters. The van der Waals surface area contributed by atoms with Gasteiger partial charge in [0.15, 0.2) is 0 Å². The quantitative estimate of drug-likeness (QED) is 0.176. The summed E-state index contributed by atoms with van der Waals surface area (Å²) in [5.74, 6) is 0. The molecule has 50 heavy (non-hydrogen) atoms. The van der Waals surface area contributed by atoms with Crippen molar-refractivity contribution in [3.63, 3.8) is 0 Å². The van der Waals surface area contributed by atoms with E-state index >= 15 is 0 Å². The van der Waals surface area contributed by atoms with Gasteiger partial charge in [-0.05, 0) is 89.5 Å². The number of rotatable bonds is 3. The van der Waals surface area contributed by atoms with Gasteiger partial charge in [0.05, 0.1) is 5.41 Å². The Bertz CT molecular complexity index is 2890. The Balaban J connectivity index is 1.19. The van der Waals surface area contributed by atoms with Gasteiger partial charge in [-0.1, -0.05) is 164 Å². The smallest absolute Gasteiger partial charge is 0.143 e. The first-order valence-corrected chi connectivity index (χ1v) is 17.3. The summed E-state index contributed by atoms with van der Waals surface area (Å²) in [6.45, 7) is 0. The van der Waals surface area contributed by atoms with Gasteiger partial charge in [-0.2, -0.15) is 0 Å². The van der Waals surface area contributed by atoms with Crippen molar-refractivity contribution < 1.29 is 4.42 Å². The molecule has 232 valence electrons. The van der Waals surface area contributed by atoms with E-state index in [-0.39, 0.29) is 0 Å². The van der Waals surface area contributed by atoms with E-state index in [9.17, 15) is 0 Å². The minimum absolute atomic E-state index is 0.466. The molecule has 1 aliphatic rings. The summed E-state index contributed by atoms with van der Waals surface area (Å²) < 4.78 is 7.00. The molecule has 1 nitrogen and oxygen atoms in total. The third-order valence-corrected chi connectivity index (χ3v) is 11.1. The Kier molecular flexibility index (Phi) is 5.66. The van der Waals surface area contributed by atoms with Crippen molar-refractivity contribution in [2.75, 3.05) is 0 Å². The predicted molar refractivity (Wildman–Crippen MR) is 209 cm³/mol. The number of hydrogen-bond donors (Lipinski definition) is 0. The zero-order valence-electron chi connectivity index (χ0n) is 27.2. The molecular formula is C49H30O. The summed E-state index contributed by atoms with van der Waals surface area (Å²) in [4.78, 5) is 0. The molecule has 0 bridgehead atoms. The Morgan fingerprint density at radius 3 is 1.54 bits per heavy atom. The lowest BCUT2D eigenvalue weighted by atomic mass is 9.67. The number of fused-ring (bicyclic) bond motifs is 12. The van der Waals surface area contributed by atoms with E-state index < -0.39 is 5.41 Å². The molecular weight excluding hydrogens is 605 g/mol. The zero-order valence-corrected chi connectivity index (χ0v) is 27.2. The van der Waals surface area contributed by atoms with Crippen LogP contribution in [0.4, 0.5) is 0 Å². The Hall–Kier alpha value is -6.44. The van der Waals surface area contributed by atoms with Crippen molar-refractivity contribution in [1.82, 2.24) is 0 Å². The Morgan fingerprint density at radius 2 is 0.860 bits per heavy atom. The largest absolute Gasteiger partial charge is 0.455 e. The lowest BCUT2D eigenvalue weighted by Crippen LogP contribution is -2.28. The fourth-order valence-electron chi connectivity index (χ4n) is 9.03. The lowest BCUT2D eigenvalue weighted by Gasteiger charge is -2.33. The molecule has 1 heteroatoms. The highest BCUT2D eigenvalue weighted by Gasteiger charge is 2.46. The van der Waals surface area contributed by atoms with Gasteiger partial charge in [0, 0.05) is 16.3 Å². The summed E-state index contributed by atoms with van der Waals surface area (Å²) in [6.07, 6.45) is 0. The van der Waals surface area contributed by atoms with Gasteiger partial charge >= 0.3 is 0 Å². The summed E-state index contributed by atoms with van der Waals surface area (Å²) in [6, 6.07) is 66.6. The van der Waals surface area contributed by atoms with E-state index in [0.717, 1.165) is 33.1 Å². The van der Waals surface area contributed by atoms with Gasteiger partial charge in [-0.25, -0.2) is 0 Å². The fraction of sp³-hybridized carbons (Fsp3) is 0.0204. The van der Waals surface area contributed by atoms with Crippen LogP contribution in [0.25, 0.3) is 76.5 Å². The van der Waals surface area contributed by atoms with Crippen molar-refractivity contribution in [2.45, 2.75) is 5.41 Å². The third kappa shape index (κ3) is 3.61. The van der Waals surface area contributed by atoms with E-state index in [2.05, 4.69) is 182 Å². The Labute approximate surface area is 289 Å². The van der Waals surface area contributed by atoms with E-state index in [1.165, 1.54) is 65.7 Å². The summed E-state index contributed by atoms with van der Waals surface area (Å²) in [5, 5.41) is 9.94. The molecule has 1 aliphatic carbocycles. The van der Waals surface area contributed by atoms with Crippen LogP contribution in [-0.2, 0) is 5.41 Å². The topological polar surface area (TPSA) is 13.1 Å². The number of para-hydroxylation sites is 1. The highest BCUT2D eigenvalue weighted by atomic mass is 16.3. The van der Waals surface area contributed by atoms with E-state index in [0.29, 0.717) is 0 Å². The molecule has 1 heterocycles. The summed E-state index contributed by atoms with van der Waals surface area (Å²) >= 11 is 0. The maximum absolute atomic E-state index is 7.00. The zero-order chi connectivity index (χ0) is 32.8. The fourth-order valence-corrected chi connectivity index (χ4v) is 9.03. The van der Waals surface area contributed by atoms with Crippen molar-refractivity contribution >= 4 is 54.3 Å². The van der Waals surface area contributed by atoms with Crippen LogP contribution in [0, 0.1) is 0 Å². The van der Waals surface area contributed by atoms with Crippen molar-refractivity contribution in [1.29, 1.82) is 0 Å². The molecule has 0 saturated heterocycles. The molecule has 0 N–H and O–H groups in total. The highest BCUT2D eigenvalue weighted by Crippen LogP contribution is 2.57. The number of hydrogen-bond acceptors (Lipinski definition) is 1. The second kappa shape index (κ2) is 10.3. The van der Waals surface area contributed by atoms with Crippen molar-refractivity contribution in [2.24, 2.45) is 0 Å². The standard InChI is InChI=1S/C49H30O/c1-3-14-32(15-4-1)49(33-16-5-2-6-17-33)45-25-12-11-22-40(45)43-29-44-41-24-13-23-34(48(41)50-47(44)30-46(43)49)31-26-27-39-37-20-8-7-18-35(37)36-19-9-10-21-38(36)42(39)28-31/h1-30H. The summed E-state index contributed by atoms with van der Waals surface area (Å²) in [5.41, 5.74) is 11.2. The van der Waals surface area contributed by atoms with Crippen LogP contribution < -0.4 is 0 Å². The maximum Gasteiger partial charge on any atom is 0.143 e. The number of furan rings is 1. The molecule has 0 amide bonds. The molecule has 0 fully saturated rings. The van der Waals surface area contributed by atoms with Gasteiger partial charge < -0.3 is 4.42 Å². The lowest BCUT2D eigenvalue weighted by molar-refractivity contribution is 0.667. The van der Waals surface area contributed by atoms with Gasteiger partial charge in [0.1, 0.15) is 11.2 Å². The first-order valence-electron chi connectivity index (χ1n) is 17.3. The van der Waals surface area contributed by atoms with Crippen LogP contribution in [-0.4, -0.2) is 0 Å². The molecule has 10 aromatic rings. The van der Waals surface area contributed by atoms with Crippen molar-refractivity contribution in [3.8, 4) is 22.3 Å². The average molecular weight is 635 g/mol. The van der Waals surface area contributed by atoms with Gasteiger partial charge in [-0.15, -0.1) is 0 Å². The van der Waals surface area contributed by atoms with Crippen LogP contribution in [0.3, 0.4) is 0 Å². The minimum atomic E-state index is -0.466. The maximum atomic E-state index is 7.00. The third-order valence-electron chi connectivity index (χ3n) is 11.1. The molecule has 11 rings (SSSR count). The normalized spacial score (nSPS) is 13.4. The van der Waals surface area contributed by atoms with Gasteiger partial charge in [-0.3, -0.25) is 0 Å². The monoisotopic (exact) mass is 634 g/mol. The summed E-state index contributed by atoms with van der Waals surface area (Å²) in [7, 11) is 0. The average Bonchev–Trinajstić information content (AvgIpc) is 3.71. The molecule has 0 radical (unpaired) electrons. The molecule has 9 aromatic carbocycles. The first-order chi connectivity index (χ1) is 24.8. The van der Waals surface area contributed by atoms with Crippen LogP contribution >= 0.6 is 0 Å². The van der Waals surface area contributed by atoms with Crippen LogP contribution in [0.5, 0.6) is 0 Å². The second-order valence-electron chi connectivity index (χ2n) is 13.6. The van der Waals surface area contributed by atoms with Crippen LogP contribution in [0.15, 0.2) is 186 Å². The van der Waals surface area contributed by atoms with E-state index in [1.807, 2.05) is 0 Å². The van der Waals surface area contributed by atoms with E-state index in [1.54, 1.807) is 0 Å². The molecule has 0 spiro atoms. The van der Waals surface area contributed by atoms with Crippen molar-refractivity contribution in [3.05, 3.63) is 204 Å². The molecule has 0 aliphatic heterocycles. The predicted octanol–water partition coefficient (Wildman–Crippen LogP) is 13.1. The molecule has 1 aromatic heterocycles. The second-order valence-corrected chi connectivity index (χ2v) is 13.6. The van der Waals surface area contributed by atoms with E-state index in [4.69, 9.17) is 4.42 Å². The first kappa shape index (κ1) is 27.5. The van der Waals surface area contributed by atoms with Crippen LogP contribution in [0.2, 0.25) is 0 Å². The van der Waals surface area contributed by atoms with Gasteiger partial charge in [0.25, 0.3) is 0 Å². The van der Waals surface area contributed by atoms with Gasteiger partial charge in [0.2, 0.25) is 0 Å². The molecule has 0 unspecified atom stereocenters. The SMILES string of the molecule is c1ccc(C2(c3ccccc3)c3ccccc3-c3cc4c(cc32)oc2c(-c3ccc5c6ccccc6c6ccccc6c5c3)cccc24)cc1. The van der Waals surface area contributed by atoms with Crippen LogP contribution in [0.1, 0.15) is 22.3 Å². The number of benzene rings is 9. The Morgan fingerprint density at radius 1 is 0.320 bits per heavy atom. The highest BCUT2D eigenvalue weighted by molar-refractivity contribution is 6.26. The molecule has 0 saturated carbocycles.